The summed E-state index contributed by atoms with van der Waals surface area (Å²) in [6.45, 7) is 1.21. The van der Waals surface area contributed by atoms with Gasteiger partial charge in [0.15, 0.2) is 12.4 Å². The van der Waals surface area contributed by atoms with Gasteiger partial charge in [0, 0.05) is 11.3 Å². The minimum atomic E-state index is -0.647. The van der Waals surface area contributed by atoms with Crippen LogP contribution >= 0.6 is 11.6 Å². The Bertz CT molecular complexity index is 805. The summed E-state index contributed by atoms with van der Waals surface area (Å²) in [4.78, 5) is 34.3. The fraction of sp³-hybridized carbons (Fsp3) is 0.118. The fourth-order valence-corrected chi connectivity index (χ4v) is 2.22. The van der Waals surface area contributed by atoms with Crippen LogP contribution < -0.4 is 15.8 Å². The highest BCUT2D eigenvalue weighted by atomic mass is 35.5. The van der Waals surface area contributed by atoms with Gasteiger partial charge in [0.1, 0.15) is 5.75 Å². The molecular formula is C17H15ClN2O4. The summed E-state index contributed by atoms with van der Waals surface area (Å²) < 4.78 is 5.35. The van der Waals surface area contributed by atoms with Crippen molar-refractivity contribution >= 4 is 34.9 Å². The zero-order valence-electron chi connectivity index (χ0n) is 12.8. The van der Waals surface area contributed by atoms with Crippen LogP contribution in [0.2, 0.25) is 5.02 Å². The van der Waals surface area contributed by atoms with Gasteiger partial charge in [-0.1, -0.05) is 23.7 Å². The third-order valence-electron chi connectivity index (χ3n) is 3.13. The van der Waals surface area contributed by atoms with E-state index >= 15 is 0 Å². The first-order valence-corrected chi connectivity index (χ1v) is 7.37. The van der Waals surface area contributed by atoms with Crippen LogP contribution in [0, 0.1) is 0 Å². The number of ether oxygens (including phenoxy) is 1. The second kappa shape index (κ2) is 7.61. The smallest absolute Gasteiger partial charge is 0.262 e. The molecule has 0 heterocycles. The lowest BCUT2D eigenvalue weighted by atomic mass is 10.1. The highest BCUT2D eigenvalue weighted by Gasteiger charge is 2.10. The number of rotatable bonds is 6. The van der Waals surface area contributed by atoms with E-state index in [0.717, 1.165) is 0 Å². The molecule has 2 aromatic carbocycles. The highest BCUT2D eigenvalue weighted by molar-refractivity contribution is 6.34. The number of carbonyl (C=O) groups excluding carboxylic acids is 3. The SMILES string of the molecule is CC(=O)c1cccc(OCC(=O)Nc2ccc(C(N)=O)c(Cl)c2)c1. The normalized spacial score (nSPS) is 10.1. The Morgan fingerprint density at radius 3 is 2.54 bits per heavy atom. The van der Waals surface area contributed by atoms with Gasteiger partial charge in [-0.05, 0) is 37.3 Å². The lowest BCUT2D eigenvalue weighted by molar-refractivity contribution is -0.118. The third-order valence-corrected chi connectivity index (χ3v) is 3.44. The van der Waals surface area contributed by atoms with Crippen LogP contribution in [0.3, 0.4) is 0 Å². The second-order valence-corrected chi connectivity index (χ2v) is 5.39. The minimum Gasteiger partial charge on any atom is -0.484 e. The monoisotopic (exact) mass is 346 g/mol. The average Bonchev–Trinajstić information content (AvgIpc) is 2.53. The molecule has 0 atom stereocenters. The predicted octanol–water partition coefficient (Wildman–Crippen LogP) is 2.66. The molecule has 124 valence electrons. The summed E-state index contributed by atoms with van der Waals surface area (Å²) >= 11 is 5.91. The molecule has 0 fully saturated rings. The summed E-state index contributed by atoms with van der Waals surface area (Å²) in [7, 11) is 0. The molecule has 7 heteroatoms. The summed E-state index contributed by atoms with van der Waals surface area (Å²) in [6.07, 6.45) is 0. The fourth-order valence-electron chi connectivity index (χ4n) is 1.94. The van der Waals surface area contributed by atoms with E-state index in [2.05, 4.69) is 5.32 Å². The van der Waals surface area contributed by atoms with Crippen LogP contribution in [0.4, 0.5) is 5.69 Å². The Balaban J connectivity index is 1.96. The number of nitrogens with one attached hydrogen (secondary N) is 1. The quantitative estimate of drug-likeness (QED) is 0.785. The summed E-state index contributed by atoms with van der Waals surface area (Å²) in [5.41, 5.74) is 6.24. The first-order chi connectivity index (χ1) is 11.4. The second-order valence-electron chi connectivity index (χ2n) is 4.98. The number of ketones is 1. The van der Waals surface area contributed by atoms with Crippen molar-refractivity contribution in [1.82, 2.24) is 0 Å². The van der Waals surface area contributed by atoms with Gasteiger partial charge in [-0.25, -0.2) is 0 Å². The van der Waals surface area contributed by atoms with Crippen LogP contribution in [0.1, 0.15) is 27.6 Å². The van der Waals surface area contributed by atoms with E-state index in [1.54, 1.807) is 24.3 Å². The Morgan fingerprint density at radius 2 is 1.92 bits per heavy atom. The molecule has 2 aromatic rings. The van der Waals surface area contributed by atoms with Gasteiger partial charge in [0.2, 0.25) is 5.91 Å². The summed E-state index contributed by atoms with van der Waals surface area (Å²) in [6, 6.07) is 10.9. The molecule has 0 spiro atoms. The molecule has 0 aliphatic rings. The van der Waals surface area contributed by atoms with Gasteiger partial charge >= 0.3 is 0 Å². The lowest BCUT2D eigenvalue weighted by Gasteiger charge is -2.09. The van der Waals surface area contributed by atoms with Crippen molar-refractivity contribution in [3.8, 4) is 5.75 Å². The van der Waals surface area contributed by atoms with Crippen LogP contribution in [-0.4, -0.2) is 24.2 Å². The molecule has 0 unspecified atom stereocenters. The summed E-state index contributed by atoms with van der Waals surface area (Å²) in [5, 5.41) is 2.74. The topological polar surface area (TPSA) is 98.5 Å². The highest BCUT2D eigenvalue weighted by Crippen LogP contribution is 2.20. The maximum Gasteiger partial charge on any atom is 0.262 e. The average molecular weight is 347 g/mol. The lowest BCUT2D eigenvalue weighted by Crippen LogP contribution is -2.20. The zero-order valence-corrected chi connectivity index (χ0v) is 13.6. The van der Waals surface area contributed by atoms with E-state index < -0.39 is 11.8 Å². The molecule has 0 saturated heterocycles. The molecule has 0 aromatic heterocycles. The van der Waals surface area contributed by atoms with Crippen molar-refractivity contribution in [1.29, 1.82) is 0 Å². The third kappa shape index (κ3) is 4.57. The molecule has 0 bridgehead atoms. The van der Waals surface area contributed by atoms with Crippen molar-refractivity contribution in [2.75, 3.05) is 11.9 Å². The number of nitrogens with two attached hydrogens (primary N) is 1. The molecule has 0 aliphatic carbocycles. The largest absolute Gasteiger partial charge is 0.484 e. The molecule has 0 saturated carbocycles. The molecule has 3 N–H and O–H groups in total. The number of amides is 2. The van der Waals surface area contributed by atoms with Gasteiger partial charge in [-0.3, -0.25) is 14.4 Å². The Hall–Kier alpha value is -2.86. The molecule has 0 radical (unpaired) electrons. The molecule has 6 nitrogen and oxygen atoms in total. The molecule has 24 heavy (non-hydrogen) atoms. The van der Waals surface area contributed by atoms with Crippen LogP contribution in [0.25, 0.3) is 0 Å². The molecule has 0 aliphatic heterocycles. The van der Waals surface area contributed by atoms with Crippen molar-refractivity contribution < 1.29 is 19.1 Å². The number of halogens is 1. The van der Waals surface area contributed by atoms with Gasteiger partial charge in [0.25, 0.3) is 5.91 Å². The van der Waals surface area contributed by atoms with Gasteiger partial charge in [-0.15, -0.1) is 0 Å². The van der Waals surface area contributed by atoms with Crippen LogP contribution in [-0.2, 0) is 4.79 Å². The Labute approximate surface area is 143 Å². The van der Waals surface area contributed by atoms with Crippen molar-refractivity contribution in [3.05, 3.63) is 58.6 Å². The van der Waals surface area contributed by atoms with E-state index in [-0.39, 0.29) is 23.0 Å². The van der Waals surface area contributed by atoms with Crippen LogP contribution in [0.15, 0.2) is 42.5 Å². The van der Waals surface area contributed by atoms with Crippen molar-refractivity contribution in [2.24, 2.45) is 5.73 Å². The first kappa shape index (κ1) is 17.5. The molecular weight excluding hydrogens is 332 g/mol. The van der Waals surface area contributed by atoms with Gasteiger partial charge in [-0.2, -0.15) is 0 Å². The number of anilines is 1. The van der Waals surface area contributed by atoms with Gasteiger partial charge < -0.3 is 15.8 Å². The van der Waals surface area contributed by atoms with E-state index in [0.29, 0.717) is 17.0 Å². The van der Waals surface area contributed by atoms with E-state index in [1.165, 1.54) is 25.1 Å². The zero-order chi connectivity index (χ0) is 17.7. The van der Waals surface area contributed by atoms with Crippen molar-refractivity contribution in [2.45, 2.75) is 6.92 Å². The number of hydrogen-bond acceptors (Lipinski definition) is 4. The maximum atomic E-state index is 11.9. The first-order valence-electron chi connectivity index (χ1n) is 7.00. The van der Waals surface area contributed by atoms with Crippen molar-refractivity contribution in [3.63, 3.8) is 0 Å². The number of Topliss-reactive ketones (excluding diaryl/α,β-unsaturated/α-hetero) is 1. The summed E-state index contributed by atoms with van der Waals surface area (Å²) in [5.74, 6) is -0.730. The van der Waals surface area contributed by atoms with Crippen LogP contribution in [0.5, 0.6) is 5.75 Å². The molecule has 2 amide bonds. The van der Waals surface area contributed by atoms with E-state index in [4.69, 9.17) is 22.1 Å². The Morgan fingerprint density at radius 1 is 1.17 bits per heavy atom. The minimum absolute atomic E-state index is 0.0888. The van der Waals surface area contributed by atoms with E-state index in [9.17, 15) is 14.4 Å². The standard InChI is InChI=1S/C17H15ClN2O4/c1-10(21)11-3-2-4-13(7-11)24-9-16(22)20-12-5-6-14(17(19)23)15(18)8-12/h2-8H,9H2,1H3,(H2,19,23)(H,20,22). The number of carbonyl (C=O) groups is 3. The maximum absolute atomic E-state index is 11.9. The number of hydrogen-bond donors (Lipinski definition) is 2. The van der Waals surface area contributed by atoms with E-state index in [1.807, 2.05) is 0 Å². The number of primary amides is 1. The predicted molar refractivity (Wildman–Crippen MR) is 90.5 cm³/mol. The van der Waals surface area contributed by atoms with Gasteiger partial charge in [0.05, 0.1) is 10.6 Å². The molecule has 2 rings (SSSR count). The number of benzene rings is 2. The Kier molecular flexibility index (Phi) is 5.55.